The van der Waals surface area contributed by atoms with Gasteiger partial charge in [0.15, 0.2) is 5.76 Å². The molecule has 0 aliphatic carbocycles. The van der Waals surface area contributed by atoms with E-state index in [1.165, 1.54) is 6.92 Å². The van der Waals surface area contributed by atoms with Gasteiger partial charge < -0.3 is 4.74 Å². The van der Waals surface area contributed by atoms with Crippen LogP contribution in [-0.4, -0.2) is 36.7 Å². The number of rotatable bonds is 6. The molecule has 7 nitrogen and oxygen atoms in total. The maximum atomic E-state index is 10.3. The SMILES string of the molecule is CC(OC(=C=N)C(C)(C)N(C)C)O[Cl+3]([O-])([O-])[O-]. The van der Waals surface area contributed by atoms with Crippen molar-refractivity contribution in [3.63, 3.8) is 0 Å². The fraction of sp³-hybridized carbons (Fsp3) is 0.778. The lowest BCUT2D eigenvalue weighted by atomic mass is 10.0. The van der Waals surface area contributed by atoms with Gasteiger partial charge >= 0.3 is 6.29 Å². The van der Waals surface area contributed by atoms with Crippen molar-refractivity contribution < 1.29 is 33.2 Å². The summed E-state index contributed by atoms with van der Waals surface area (Å²) in [7, 11) is -1.04. The molecule has 0 rings (SSSR count). The van der Waals surface area contributed by atoms with Crippen molar-refractivity contribution in [2.75, 3.05) is 14.1 Å². The number of nitrogens with one attached hydrogen (secondary N) is 1. The van der Waals surface area contributed by atoms with Gasteiger partial charge in [-0.25, -0.2) is 0 Å². The number of likely N-dealkylation sites (N-methyl/N-ethyl adjacent to an activating group) is 1. The van der Waals surface area contributed by atoms with E-state index >= 15 is 0 Å². The molecule has 8 heteroatoms. The molecule has 0 spiro atoms. The lowest BCUT2D eigenvalue weighted by Gasteiger charge is -2.33. The Morgan fingerprint density at radius 1 is 1.35 bits per heavy atom. The third kappa shape index (κ3) is 5.47. The van der Waals surface area contributed by atoms with E-state index in [9.17, 15) is 14.0 Å². The quantitative estimate of drug-likeness (QED) is 0.330. The predicted molar refractivity (Wildman–Crippen MR) is 50.6 cm³/mol. The van der Waals surface area contributed by atoms with Crippen LogP contribution in [0.25, 0.3) is 0 Å². The van der Waals surface area contributed by atoms with Crippen LogP contribution < -0.4 is 14.0 Å². The number of hydrogen-bond acceptors (Lipinski definition) is 7. The van der Waals surface area contributed by atoms with Gasteiger partial charge in [-0.3, -0.25) is 10.3 Å². The first-order valence-corrected chi connectivity index (χ1v) is 5.97. The Kier molecular flexibility index (Phi) is 5.57. The fourth-order valence-corrected chi connectivity index (χ4v) is 1.21. The second-order valence-corrected chi connectivity index (χ2v) is 4.99. The van der Waals surface area contributed by atoms with Crippen LogP contribution in [-0.2, 0) is 9.03 Å². The Morgan fingerprint density at radius 2 is 1.82 bits per heavy atom. The van der Waals surface area contributed by atoms with Crippen molar-refractivity contribution in [2.45, 2.75) is 32.6 Å². The molecule has 1 unspecified atom stereocenters. The summed E-state index contributed by atoms with van der Waals surface area (Å²) in [5, 5.41) is 7.11. The Balaban J connectivity index is 4.70. The highest BCUT2D eigenvalue weighted by Crippen LogP contribution is 2.22. The third-order valence-electron chi connectivity index (χ3n) is 2.31. The average Bonchev–Trinajstić information content (AvgIpc) is 2.10. The lowest BCUT2D eigenvalue weighted by Crippen LogP contribution is -2.62. The summed E-state index contributed by atoms with van der Waals surface area (Å²) in [6.07, 6.45) is -1.31. The van der Waals surface area contributed by atoms with Gasteiger partial charge in [0, 0.05) is 12.8 Å². The van der Waals surface area contributed by atoms with Gasteiger partial charge in [0.05, 0.1) is 15.8 Å². The van der Waals surface area contributed by atoms with E-state index in [2.05, 4.69) is 10.2 Å². The van der Waals surface area contributed by atoms with Crippen LogP contribution in [0, 0.1) is 15.7 Å². The molecule has 0 aromatic carbocycles. The molecule has 0 saturated carbocycles. The zero-order valence-corrected chi connectivity index (χ0v) is 11.2. The lowest BCUT2D eigenvalue weighted by molar-refractivity contribution is -1.92. The molecule has 17 heavy (non-hydrogen) atoms. The zero-order chi connectivity index (χ0) is 13.9. The molecule has 0 radical (unpaired) electrons. The first-order chi connectivity index (χ1) is 7.50. The van der Waals surface area contributed by atoms with Crippen LogP contribution in [0.5, 0.6) is 0 Å². The normalized spacial score (nSPS) is 14.4. The highest BCUT2D eigenvalue weighted by atomic mass is 35.7. The topological polar surface area (TPSA) is 115 Å². The minimum atomic E-state index is -4.56. The van der Waals surface area contributed by atoms with Crippen LogP contribution in [0.3, 0.4) is 0 Å². The first kappa shape index (κ1) is 16.3. The molecular formula is C9H17ClN2O5. The van der Waals surface area contributed by atoms with Crippen LogP contribution >= 0.6 is 0 Å². The monoisotopic (exact) mass is 268 g/mol. The van der Waals surface area contributed by atoms with E-state index in [4.69, 9.17) is 10.1 Å². The number of nitrogens with zero attached hydrogens (tertiary/aromatic N) is 1. The molecule has 0 fully saturated rings. The maximum Gasteiger partial charge on any atom is 0.349 e. The third-order valence-corrected chi connectivity index (χ3v) is 2.77. The summed E-state index contributed by atoms with van der Waals surface area (Å²) in [5.41, 5.74) is -0.678. The van der Waals surface area contributed by atoms with E-state index < -0.39 is 22.1 Å². The van der Waals surface area contributed by atoms with Crippen LogP contribution in [0.2, 0.25) is 0 Å². The largest absolute Gasteiger partial charge is 0.443 e. The Labute approximate surface area is 102 Å². The van der Waals surface area contributed by atoms with E-state index in [0.717, 1.165) is 0 Å². The van der Waals surface area contributed by atoms with Crippen LogP contribution in [0.1, 0.15) is 20.8 Å². The summed E-state index contributed by atoms with van der Waals surface area (Å²) >= 11 is 0. The van der Waals surface area contributed by atoms with Crippen LogP contribution in [0.15, 0.2) is 5.76 Å². The van der Waals surface area contributed by atoms with Crippen molar-refractivity contribution in [2.24, 2.45) is 0 Å². The molecule has 0 heterocycles. The Bertz CT molecular complexity index is 307. The van der Waals surface area contributed by atoms with Gasteiger partial charge in [-0.05, 0) is 27.9 Å². The highest BCUT2D eigenvalue weighted by Gasteiger charge is 2.33. The molecule has 0 aliphatic rings. The molecule has 0 aromatic heterocycles. The second-order valence-electron chi connectivity index (χ2n) is 4.06. The van der Waals surface area contributed by atoms with Crippen molar-refractivity contribution in [1.29, 1.82) is 5.41 Å². The van der Waals surface area contributed by atoms with Crippen molar-refractivity contribution >= 4 is 5.87 Å². The summed E-state index contributed by atoms with van der Waals surface area (Å²) in [4.78, 5) is 1.75. The van der Waals surface area contributed by atoms with Gasteiger partial charge in [-0.15, -0.1) is 0 Å². The van der Waals surface area contributed by atoms with Crippen LogP contribution in [0.4, 0.5) is 0 Å². The molecule has 1 atom stereocenters. The van der Waals surface area contributed by atoms with Gasteiger partial charge in [0.1, 0.15) is 4.29 Å². The number of ether oxygens (including phenoxy) is 1. The first-order valence-electron chi connectivity index (χ1n) is 4.74. The fourth-order valence-electron chi connectivity index (χ4n) is 0.868. The van der Waals surface area contributed by atoms with Gasteiger partial charge in [0.25, 0.3) is 0 Å². The van der Waals surface area contributed by atoms with Crippen molar-refractivity contribution in [3.8, 4) is 0 Å². The van der Waals surface area contributed by atoms with Gasteiger partial charge in [-0.1, -0.05) is 0 Å². The van der Waals surface area contributed by atoms with E-state index in [-0.39, 0.29) is 5.76 Å². The molecule has 0 saturated heterocycles. The van der Waals surface area contributed by atoms with Crippen molar-refractivity contribution in [1.82, 2.24) is 4.90 Å². The second kappa shape index (κ2) is 5.79. The molecule has 0 aromatic rings. The van der Waals surface area contributed by atoms with Crippen molar-refractivity contribution in [3.05, 3.63) is 5.76 Å². The molecule has 0 bridgehead atoms. The molecular weight excluding hydrogens is 252 g/mol. The highest BCUT2D eigenvalue weighted by molar-refractivity contribution is 5.55. The average molecular weight is 269 g/mol. The Morgan fingerprint density at radius 3 is 2.12 bits per heavy atom. The van der Waals surface area contributed by atoms with Gasteiger partial charge in [-0.2, -0.15) is 14.0 Å². The van der Waals surface area contributed by atoms with E-state index in [0.29, 0.717) is 0 Å². The Hall–Kier alpha value is -0.660. The summed E-state index contributed by atoms with van der Waals surface area (Å²) in [6, 6.07) is 0. The maximum absolute atomic E-state index is 10.3. The van der Waals surface area contributed by atoms with Gasteiger partial charge in [0.2, 0.25) is 0 Å². The molecule has 0 aliphatic heterocycles. The number of hydrogen-bond donors (Lipinski definition) is 1. The summed E-state index contributed by atoms with van der Waals surface area (Å²) in [5.74, 6) is 2.13. The number of halogens is 1. The molecule has 1 N–H and O–H groups in total. The smallest absolute Gasteiger partial charge is 0.349 e. The zero-order valence-electron chi connectivity index (χ0n) is 10.4. The minimum absolute atomic E-state index is 0.0638. The standard InChI is InChI=1S/C9H17ClN2O5/c1-7(17-10(13,14)15)16-8(6-11)9(2,3)12(4)5/h7,11H,1-5H3. The summed E-state index contributed by atoms with van der Waals surface area (Å²) in [6.45, 7) is 4.74. The minimum Gasteiger partial charge on any atom is -0.443 e. The molecule has 0 amide bonds. The summed E-state index contributed by atoms with van der Waals surface area (Å²) < 4.78 is 40.1. The molecule has 100 valence electrons. The van der Waals surface area contributed by atoms with E-state index in [1.807, 2.05) is 0 Å². The predicted octanol–water partition coefficient (Wildman–Crippen LogP) is -2.26. The van der Waals surface area contributed by atoms with E-state index in [1.54, 1.807) is 32.8 Å².